The number of thiazole rings is 1. The number of amides is 3. The fraction of sp³-hybridized carbons (Fsp3) is 0.362. The summed E-state index contributed by atoms with van der Waals surface area (Å²) in [6.07, 6.45) is -1.06. The van der Waals surface area contributed by atoms with Gasteiger partial charge in [-0.2, -0.15) is 0 Å². The number of β-amino-alcohol motifs (C(OH)–C–C–N with tert-alkyl or cyclic N) is 1. The van der Waals surface area contributed by atoms with Crippen molar-refractivity contribution < 1.29 is 29.4 Å². The van der Waals surface area contributed by atoms with Crippen LogP contribution in [-0.4, -0.2) is 89.0 Å². The van der Waals surface area contributed by atoms with Gasteiger partial charge >= 0.3 is 5.97 Å². The number of aliphatic carboxylic acids is 1. The zero-order valence-corrected chi connectivity index (χ0v) is 39.2. The molecule has 2 aromatic carbocycles. The van der Waals surface area contributed by atoms with Crippen LogP contribution in [0.3, 0.4) is 0 Å². The van der Waals surface area contributed by atoms with Crippen LogP contribution in [0.4, 0.5) is 0 Å². The first kappa shape index (κ1) is 44.7. The second-order valence-electron chi connectivity index (χ2n) is 17.5. The minimum absolute atomic E-state index is 0.0315. The summed E-state index contributed by atoms with van der Waals surface area (Å²) in [7, 11) is 0. The van der Waals surface area contributed by atoms with E-state index >= 15 is 0 Å². The number of likely N-dealkylation sites (tertiary alicyclic amines) is 1. The predicted molar refractivity (Wildman–Crippen MR) is 250 cm³/mol. The first-order chi connectivity index (χ1) is 30.4. The number of rotatable bonds is 11. The van der Waals surface area contributed by atoms with Crippen molar-refractivity contribution in [2.45, 2.75) is 98.5 Å². The topological polar surface area (TPSA) is 192 Å². The van der Waals surface area contributed by atoms with Crippen molar-refractivity contribution in [2.75, 3.05) is 6.54 Å². The molecule has 0 bridgehead atoms. The van der Waals surface area contributed by atoms with Crippen LogP contribution >= 0.6 is 34.0 Å². The van der Waals surface area contributed by atoms with Crippen LogP contribution in [0.1, 0.15) is 107 Å². The molecule has 0 radical (unpaired) electrons. The third-order valence-electron chi connectivity index (χ3n) is 11.9. The van der Waals surface area contributed by atoms with Crippen molar-refractivity contribution in [1.82, 2.24) is 35.3 Å². The molecule has 332 valence electrons. The Morgan fingerprint density at radius 3 is 2.23 bits per heavy atom. The number of hydrogen-bond acceptors (Lipinski definition) is 12. The van der Waals surface area contributed by atoms with Crippen LogP contribution < -0.4 is 10.6 Å². The number of carboxylic acids is 1. The van der Waals surface area contributed by atoms with Crippen molar-refractivity contribution in [3.8, 4) is 25.9 Å². The van der Waals surface area contributed by atoms with Gasteiger partial charge in [0.15, 0.2) is 5.82 Å². The van der Waals surface area contributed by atoms with Crippen LogP contribution in [-0.2, 0) is 14.4 Å². The molecule has 2 aliphatic rings. The maximum Gasteiger partial charge on any atom is 0.306 e. The normalized spacial score (nSPS) is 18.1. The molecule has 1 fully saturated rings. The highest BCUT2D eigenvalue weighted by molar-refractivity contribution is 7.17. The molecule has 64 heavy (non-hydrogen) atoms. The Morgan fingerprint density at radius 2 is 1.58 bits per heavy atom. The molecule has 4 aromatic heterocycles. The molecule has 4 N–H and O–H groups in total. The molecular formula is C47H50N8O6S3. The fourth-order valence-corrected chi connectivity index (χ4v) is 11.3. The first-order valence-corrected chi connectivity index (χ1v) is 23.5. The van der Waals surface area contributed by atoms with E-state index in [-0.39, 0.29) is 31.3 Å². The summed E-state index contributed by atoms with van der Waals surface area (Å²) in [5.41, 5.74) is 8.29. The third-order valence-corrected chi connectivity index (χ3v) is 15.2. The Kier molecular flexibility index (Phi) is 12.3. The first-order valence-electron chi connectivity index (χ1n) is 21.0. The highest BCUT2D eigenvalue weighted by Crippen LogP contribution is 2.40. The minimum Gasteiger partial charge on any atom is -0.481 e. The van der Waals surface area contributed by atoms with E-state index in [1.807, 2.05) is 113 Å². The van der Waals surface area contributed by atoms with Gasteiger partial charge in [0.1, 0.15) is 29.0 Å². The van der Waals surface area contributed by atoms with Crippen LogP contribution in [0.2, 0.25) is 0 Å². The summed E-state index contributed by atoms with van der Waals surface area (Å²) >= 11 is 4.46. The number of carbonyl (C=O) groups is 4. The zero-order chi connectivity index (χ0) is 45.8. The van der Waals surface area contributed by atoms with Gasteiger partial charge in [0.25, 0.3) is 5.91 Å². The Hall–Kier alpha value is -5.88. The Morgan fingerprint density at radius 1 is 0.891 bits per heavy atom. The smallest absolute Gasteiger partial charge is 0.306 e. The predicted octanol–water partition coefficient (Wildman–Crippen LogP) is 7.76. The van der Waals surface area contributed by atoms with Gasteiger partial charge in [0.05, 0.1) is 45.2 Å². The van der Waals surface area contributed by atoms with Crippen LogP contribution in [0.15, 0.2) is 71.2 Å². The summed E-state index contributed by atoms with van der Waals surface area (Å²) in [5.74, 6) is -1.09. The molecule has 0 saturated carbocycles. The summed E-state index contributed by atoms with van der Waals surface area (Å²) in [6.45, 7) is 15.3. The number of aliphatic imine (C=N–C) groups is 1. The Labute approximate surface area is 383 Å². The lowest BCUT2D eigenvalue weighted by Crippen LogP contribution is -2.57. The van der Waals surface area contributed by atoms with Crippen LogP contribution in [0.5, 0.6) is 0 Å². The van der Waals surface area contributed by atoms with Crippen LogP contribution in [0.25, 0.3) is 25.9 Å². The van der Waals surface area contributed by atoms with Crippen molar-refractivity contribution >= 4 is 63.4 Å². The van der Waals surface area contributed by atoms with E-state index in [1.54, 1.807) is 28.7 Å². The number of aromatic nitrogens is 4. The fourth-order valence-electron chi connectivity index (χ4n) is 8.32. The van der Waals surface area contributed by atoms with E-state index in [0.717, 1.165) is 58.7 Å². The summed E-state index contributed by atoms with van der Waals surface area (Å²) < 4.78 is 1.92. The quantitative estimate of drug-likeness (QED) is 0.101. The summed E-state index contributed by atoms with van der Waals surface area (Å²) in [6, 6.07) is 16.3. The van der Waals surface area contributed by atoms with Crippen molar-refractivity contribution in [1.29, 1.82) is 0 Å². The molecule has 6 heterocycles. The van der Waals surface area contributed by atoms with Gasteiger partial charge in [-0.25, -0.2) is 4.98 Å². The zero-order valence-electron chi connectivity index (χ0n) is 36.8. The number of carbonyl (C=O) groups excluding carboxylic acids is 3. The monoisotopic (exact) mass is 918 g/mol. The average Bonchev–Trinajstić information content (AvgIpc) is 4.10. The molecule has 3 amide bonds. The molecule has 2 aliphatic heterocycles. The van der Waals surface area contributed by atoms with Gasteiger partial charge in [-0.15, -0.1) is 44.2 Å². The number of thiophene rings is 2. The number of carboxylic acid groups (broad SMARTS) is 1. The molecule has 1 saturated heterocycles. The molecule has 0 aliphatic carbocycles. The second-order valence-corrected chi connectivity index (χ2v) is 20.7. The number of nitrogens with one attached hydrogen (secondary N) is 2. The largest absolute Gasteiger partial charge is 0.481 e. The summed E-state index contributed by atoms with van der Waals surface area (Å²) in [5, 5.41) is 36.1. The lowest BCUT2D eigenvalue weighted by Gasteiger charge is -2.35. The maximum absolute atomic E-state index is 14.4. The SMILES string of the molecule is Cc1ncsc1-c1ccc([C@H](C)NC(=O)[C@@H]2C[C@@H](O)CN2C(=O)[C@@H](NC(=O)c2ccc(-c3ccc(C4=N[C@@H](CC(=O)O)c5nnc(C)n5-c5sc(C)c(C)c54)cc3)s2)C(C)(C)C)cc1. The molecule has 0 spiro atoms. The van der Waals surface area contributed by atoms with Gasteiger partial charge in [-0.05, 0) is 74.4 Å². The number of fused-ring (bicyclic) bond motifs is 3. The molecule has 8 rings (SSSR count). The lowest BCUT2D eigenvalue weighted by atomic mass is 9.85. The Bertz CT molecular complexity index is 2800. The number of hydrogen-bond donors (Lipinski definition) is 4. The summed E-state index contributed by atoms with van der Waals surface area (Å²) in [4.78, 5) is 68.3. The van der Waals surface area contributed by atoms with E-state index in [4.69, 9.17) is 4.99 Å². The minimum atomic E-state index is -0.998. The van der Waals surface area contributed by atoms with Gasteiger partial charge in [-0.3, -0.25) is 28.7 Å². The Balaban J connectivity index is 0.975. The van der Waals surface area contributed by atoms with Crippen molar-refractivity contribution in [2.24, 2.45) is 10.4 Å². The maximum atomic E-state index is 14.4. The van der Waals surface area contributed by atoms with Crippen molar-refractivity contribution in [3.63, 3.8) is 0 Å². The average molecular weight is 919 g/mol. The van der Waals surface area contributed by atoms with Crippen molar-refractivity contribution in [3.05, 3.63) is 116 Å². The van der Waals surface area contributed by atoms with Crippen LogP contribution in [0, 0.1) is 33.1 Å². The molecule has 14 nitrogen and oxygen atoms in total. The molecule has 17 heteroatoms. The van der Waals surface area contributed by atoms with Gasteiger partial charge in [-0.1, -0.05) is 69.3 Å². The standard InChI is InChI=1S/C47H50N8O6S3/c1-23-26(4)63-46-38(23)39(50-33(20-37(57)58)42-53-52-27(5)55(42)46)30-13-11-29(12-14-30)35-17-18-36(64-35)44(60)51-41(47(6,7)8)45(61)54-21-32(56)19-34(54)43(59)49-24(2)28-9-15-31(16-10-28)40-25(3)48-22-62-40/h9-18,22,24,32-34,41,56H,19-21H2,1-8H3,(H,49,59)(H,51,60)(H,57,58)/t24-,32+,33-,34-,41+/m0/s1. The lowest BCUT2D eigenvalue weighted by molar-refractivity contribution is -0.142. The van der Waals surface area contributed by atoms with E-state index < -0.39 is 47.4 Å². The molecular weight excluding hydrogens is 869 g/mol. The number of aliphatic hydroxyl groups excluding tert-OH is 1. The number of nitrogens with zero attached hydrogens (tertiary/aromatic N) is 6. The number of benzene rings is 2. The molecule has 0 unspecified atom stereocenters. The highest BCUT2D eigenvalue weighted by atomic mass is 32.1. The highest BCUT2D eigenvalue weighted by Gasteiger charge is 2.45. The van der Waals surface area contributed by atoms with Gasteiger partial charge in [0, 0.05) is 33.8 Å². The molecule has 6 aromatic rings. The number of aryl methyl sites for hydroxylation is 3. The van der Waals surface area contributed by atoms with E-state index in [2.05, 4.69) is 32.7 Å². The van der Waals surface area contributed by atoms with E-state index in [1.165, 1.54) is 16.2 Å². The number of aliphatic hydroxyl groups is 1. The van der Waals surface area contributed by atoms with Gasteiger partial charge < -0.3 is 25.7 Å². The van der Waals surface area contributed by atoms with E-state index in [0.29, 0.717) is 22.2 Å². The molecule has 5 atom stereocenters. The third kappa shape index (κ3) is 8.68. The van der Waals surface area contributed by atoms with Gasteiger partial charge in [0.2, 0.25) is 11.8 Å². The second kappa shape index (κ2) is 17.6. The van der Waals surface area contributed by atoms with E-state index in [9.17, 15) is 29.4 Å².